The molecule has 0 spiro atoms. The zero-order valence-electron chi connectivity index (χ0n) is 16.1. The van der Waals surface area contributed by atoms with Crippen LogP contribution in [0.4, 0.5) is 5.69 Å². The van der Waals surface area contributed by atoms with E-state index in [-0.39, 0.29) is 12.5 Å². The van der Waals surface area contributed by atoms with Crippen LogP contribution in [0.1, 0.15) is 5.56 Å². The molecule has 0 radical (unpaired) electrons. The van der Waals surface area contributed by atoms with Gasteiger partial charge >= 0.3 is 0 Å². The maximum Gasteiger partial charge on any atom is 0.262 e. The molecule has 1 heterocycles. The SMILES string of the molecule is Cc1cccc(NC(=O)COc2cccc(-c3noc(-c4ccccc4Cl)n3)c2)c1. The molecule has 4 rings (SSSR count). The van der Waals surface area contributed by atoms with Crippen molar-refractivity contribution in [3.63, 3.8) is 0 Å². The molecule has 150 valence electrons. The molecule has 0 bridgehead atoms. The summed E-state index contributed by atoms with van der Waals surface area (Å²) in [4.78, 5) is 16.6. The molecule has 0 aliphatic rings. The van der Waals surface area contributed by atoms with Crippen molar-refractivity contribution in [3.8, 4) is 28.6 Å². The number of amides is 1. The maximum absolute atomic E-state index is 12.2. The molecule has 0 aliphatic carbocycles. The third-order valence-electron chi connectivity index (χ3n) is 4.29. The van der Waals surface area contributed by atoms with E-state index in [0.29, 0.717) is 33.6 Å². The summed E-state index contributed by atoms with van der Waals surface area (Å²) in [5.41, 5.74) is 3.17. The van der Waals surface area contributed by atoms with Crippen LogP contribution in [0, 0.1) is 6.92 Å². The van der Waals surface area contributed by atoms with Gasteiger partial charge in [0, 0.05) is 11.3 Å². The number of carbonyl (C=O) groups is 1. The first-order valence-electron chi connectivity index (χ1n) is 9.27. The number of benzene rings is 3. The van der Waals surface area contributed by atoms with Gasteiger partial charge in [0.05, 0.1) is 10.6 Å². The molecule has 0 fully saturated rings. The van der Waals surface area contributed by atoms with Gasteiger partial charge in [-0.05, 0) is 48.9 Å². The zero-order chi connectivity index (χ0) is 20.9. The molecule has 6 nitrogen and oxygen atoms in total. The van der Waals surface area contributed by atoms with Gasteiger partial charge in [-0.2, -0.15) is 4.98 Å². The summed E-state index contributed by atoms with van der Waals surface area (Å²) >= 11 is 6.19. The Bertz CT molecular complexity index is 1190. The Labute approximate surface area is 178 Å². The lowest BCUT2D eigenvalue weighted by Crippen LogP contribution is -2.20. The Hall–Kier alpha value is -3.64. The standard InChI is InChI=1S/C23H18ClN3O3/c1-15-6-4-8-17(12-15)25-21(28)14-29-18-9-5-7-16(13-18)22-26-23(30-27-22)19-10-2-3-11-20(19)24/h2-13H,14H2,1H3,(H,25,28). The van der Waals surface area contributed by atoms with E-state index in [9.17, 15) is 4.79 Å². The van der Waals surface area contributed by atoms with E-state index in [4.69, 9.17) is 20.9 Å². The van der Waals surface area contributed by atoms with E-state index >= 15 is 0 Å². The van der Waals surface area contributed by atoms with E-state index in [1.165, 1.54) is 0 Å². The van der Waals surface area contributed by atoms with Crippen molar-refractivity contribution in [3.05, 3.63) is 83.4 Å². The molecule has 30 heavy (non-hydrogen) atoms. The van der Waals surface area contributed by atoms with Gasteiger partial charge in [-0.3, -0.25) is 4.79 Å². The average Bonchev–Trinajstić information content (AvgIpc) is 3.23. The normalized spacial score (nSPS) is 10.6. The smallest absolute Gasteiger partial charge is 0.262 e. The van der Waals surface area contributed by atoms with Crippen LogP contribution in [0.5, 0.6) is 5.75 Å². The number of carbonyl (C=O) groups excluding carboxylic acids is 1. The van der Waals surface area contributed by atoms with Gasteiger partial charge in [-0.15, -0.1) is 0 Å². The van der Waals surface area contributed by atoms with Crippen molar-refractivity contribution in [1.29, 1.82) is 0 Å². The van der Waals surface area contributed by atoms with Crippen LogP contribution in [-0.2, 0) is 4.79 Å². The van der Waals surface area contributed by atoms with Crippen LogP contribution in [0.3, 0.4) is 0 Å². The molecular formula is C23H18ClN3O3. The number of nitrogens with one attached hydrogen (secondary N) is 1. The topological polar surface area (TPSA) is 77.2 Å². The second kappa shape index (κ2) is 8.80. The monoisotopic (exact) mass is 419 g/mol. The van der Waals surface area contributed by atoms with Gasteiger partial charge in [-0.1, -0.05) is 53.2 Å². The number of ether oxygens (including phenoxy) is 1. The van der Waals surface area contributed by atoms with Crippen LogP contribution in [-0.4, -0.2) is 22.7 Å². The molecule has 4 aromatic rings. The number of halogens is 1. The number of nitrogens with zero attached hydrogens (tertiary/aromatic N) is 2. The van der Waals surface area contributed by atoms with E-state index in [0.717, 1.165) is 11.3 Å². The highest BCUT2D eigenvalue weighted by molar-refractivity contribution is 6.33. The third kappa shape index (κ3) is 4.67. The molecule has 1 N–H and O–H groups in total. The number of hydrogen-bond acceptors (Lipinski definition) is 5. The van der Waals surface area contributed by atoms with Crippen LogP contribution >= 0.6 is 11.6 Å². The molecular weight excluding hydrogens is 402 g/mol. The Morgan fingerprint density at radius 2 is 1.90 bits per heavy atom. The first kappa shape index (κ1) is 19.7. The molecule has 0 atom stereocenters. The minimum Gasteiger partial charge on any atom is -0.484 e. The molecule has 3 aromatic carbocycles. The van der Waals surface area contributed by atoms with Gasteiger partial charge in [0.25, 0.3) is 11.8 Å². The van der Waals surface area contributed by atoms with Crippen molar-refractivity contribution in [1.82, 2.24) is 10.1 Å². The predicted molar refractivity (Wildman–Crippen MR) is 115 cm³/mol. The summed E-state index contributed by atoms with van der Waals surface area (Å²) in [6.07, 6.45) is 0. The first-order chi connectivity index (χ1) is 14.6. The molecule has 0 aliphatic heterocycles. The molecule has 0 saturated heterocycles. The van der Waals surface area contributed by atoms with Crippen LogP contribution in [0.2, 0.25) is 5.02 Å². The Morgan fingerprint density at radius 1 is 1.07 bits per heavy atom. The predicted octanol–water partition coefficient (Wildman–Crippen LogP) is 5.38. The molecule has 0 saturated carbocycles. The lowest BCUT2D eigenvalue weighted by Gasteiger charge is -2.08. The van der Waals surface area contributed by atoms with Gasteiger partial charge in [0.15, 0.2) is 6.61 Å². The summed E-state index contributed by atoms with van der Waals surface area (Å²) in [6.45, 7) is 1.85. The lowest BCUT2D eigenvalue weighted by atomic mass is 10.2. The fraction of sp³-hybridized carbons (Fsp3) is 0.0870. The minimum atomic E-state index is -0.244. The van der Waals surface area contributed by atoms with Gasteiger partial charge in [0.2, 0.25) is 5.82 Å². The highest BCUT2D eigenvalue weighted by Gasteiger charge is 2.14. The van der Waals surface area contributed by atoms with Crippen molar-refractivity contribution in [2.24, 2.45) is 0 Å². The Balaban J connectivity index is 1.43. The summed E-state index contributed by atoms with van der Waals surface area (Å²) < 4.78 is 11.0. The molecule has 0 unspecified atom stereocenters. The molecule has 1 aromatic heterocycles. The van der Waals surface area contributed by atoms with Crippen molar-refractivity contribution in [2.45, 2.75) is 6.92 Å². The van der Waals surface area contributed by atoms with Crippen LogP contribution < -0.4 is 10.1 Å². The third-order valence-corrected chi connectivity index (χ3v) is 4.62. The van der Waals surface area contributed by atoms with Crippen molar-refractivity contribution >= 4 is 23.2 Å². The average molecular weight is 420 g/mol. The van der Waals surface area contributed by atoms with Crippen molar-refractivity contribution in [2.75, 3.05) is 11.9 Å². The zero-order valence-corrected chi connectivity index (χ0v) is 16.9. The van der Waals surface area contributed by atoms with Gasteiger partial charge in [0.1, 0.15) is 5.75 Å². The summed E-state index contributed by atoms with van der Waals surface area (Å²) in [6, 6.07) is 22.0. The highest BCUT2D eigenvalue weighted by atomic mass is 35.5. The fourth-order valence-corrected chi connectivity index (χ4v) is 3.10. The Morgan fingerprint density at radius 3 is 2.73 bits per heavy atom. The van der Waals surface area contributed by atoms with Gasteiger partial charge in [-0.25, -0.2) is 0 Å². The summed E-state index contributed by atoms with van der Waals surface area (Å²) in [5.74, 6) is 1.02. The van der Waals surface area contributed by atoms with Crippen LogP contribution in [0.25, 0.3) is 22.8 Å². The summed E-state index contributed by atoms with van der Waals surface area (Å²) in [5, 5.41) is 7.37. The van der Waals surface area contributed by atoms with E-state index in [1.54, 1.807) is 24.3 Å². The highest BCUT2D eigenvalue weighted by Crippen LogP contribution is 2.29. The largest absolute Gasteiger partial charge is 0.484 e. The maximum atomic E-state index is 12.2. The Kier molecular flexibility index (Phi) is 5.77. The number of hydrogen-bond donors (Lipinski definition) is 1. The first-order valence-corrected chi connectivity index (χ1v) is 9.65. The van der Waals surface area contributed by atoms with Gasteiger partial charge < -0.3 is 14.6 Å². The molecule has 1 amide bonds. The number of aryl methyl sites for hydroxylation is 1. The number of anilines is 1. The second-order valence-corrected chi connectivity index (χ2v) is 7.04. The summed E-state index contributed by atoms with van der Waals surface area (Å²) in [7, 11) is 0. The van der Waals surface area contributed by atoms with Crippen LogP contribution in [0.15, 0.2) is 77.3 Å². The lowest BCUT2D eigenvalue weighted by molar-refractivity contribution is -0.118. The second-order valence-electron chi connectivity index (χ2n) is 6.64. The number of aromatic nitrogens is 2. The van der Waals surface area contributed by atoms with E-state index in [2.05, 4.69) is 15.5 Å². The number of rotatable bonds is 6. The van der Waals surface area contributed by atoms with Crippen molar-refractivity contribution < 1.29 is 14.1 Å². The molecule has 7 heteroatoms. The fourth-order valence-electron chi connectivity index (χ4n) is 2.88. The van der Waals surface area contributed by atoms with E-state index in [1.807, 2.05) is 55.5 Å². The van der Waals surface area contributed by atoms with E-state index < -0.39 is 0 Å². The minimum absolute atomic E-state index is 0.117. The quantitative estimate of drug-likeness (QED) is 0.453.